The smallest absolute Gasteiger partial charge is 0.340 e. The molecule has 0 amide bonds. The average molecular weight is 587 g/mol. The van der Waals surface area contributed by atoms with E-state index in [2.05, 4.69) is 37.9 Å². The standard InChI is InChI=1S/C24H17Br2N3O3S/c1-2-31-24(30)20-19(14-6-4-8-16(26)11-14)21(28)17(12-27)29-22(20)32-18(23(29)33)10-13-5-3-7-15(25)9-13/h3-11,19H,2,28H2,1H3. The van der Waals surface area contributed by atoms with E-state index >= 15 is 0 Å². The number of rotatable bonds is 4. The molecule has 4 rings (SSSR count). The summed E-state index contributed by atoms with van der Waals surface area (Å²) in [5, 5.41) is 9.97. The summed E-state index contributed by atoms with van der Waals surface area (Å²) >= 11 is 12.5. The van der Waals surface area contributed by atoms with E-state index in [1.54, 1.807) is 13.0 Å². The molecule has 0 saturated carbocycles. The Morgan fingerprint density at radius 2 is 1.97 bits per heavy atom. The molecule has 3 aromatic rings. The minimum Gasteiger partial charge on any atom is -0.462 e. The minimum atomic E-state index is -0.740. The number of halogens is 2. The van der Waals surface area contributed by atoms with Gasteiger partial charge in [0.1, 0.15) is 17.3 Å². The first-order valence-corrected chi connectivity index (χ1v) is 11.9. The molecule has 0 aliphatic carbocycles. The highest BCUT2D eigenvalue weighted by Gasteiger charge is 2.36. The zero-order valence-corrected chi connectivity index (χ0v) is 21.3. The van der Waals surface area contributed by atoms with Crippen LogP contribution < -0.4 is 16.7 Å². The maximum atomic E-state index is 13.1. The third-order valence-corrected chi connectivity index (χ3v) is 6.45. The lowest BCUT2D eigenvalue weighted by atomic mass is 9.86. The highest BCUT2D eigenvalue weighted by molar-refractivity contribution is 9.10. The molecule has 0 spiro atoms. The summed E-state index contributed by atoms with van der Waals surface area (Å²) in [4.78, 5) is 13.1. The monoisotopic (exact) mass is 585 g/mol. The summed E-state index contributed by atoms with van der Waals surface area (Å²) in [5.74, 6) is -1.33. The molecule has 6 nitrogen and oxygen atoms in total. The summed E-state index contributed by atoms with van der Waals surface area (Å²) in [7, 11) is 0. The number of aromatic nitrogens is 1. The molecule has 0 fully saturated rings. The molecule has 1 aliphatic rings. The minimum absolute atomic E-state index is 0.116. The van der Waals surface area contributed by atoms with Gasteiger partial charge >= 0.3 is 5.97 Å². The van der Waals surface area contributed by atoms with Crippen LogP contribution in [0.4, 0.5) is 0 Å². The molecule has 33 heavy (non-hydrogen) atoms. The van der Waals surface area contributed by atoms with Crippen molar-refractivity contribution in [2.75, 3.05) is 6.61 Å². The second-order valence-corrected chi connectivity index (χ2v) is 9.37. The molecule has 2 heterocycles. The van der Waals surface area contributed by atoms with E-state index in [1.165, 1.54) is 4.57 Å². The Hall–Kier alpha value is -2.93. The molecule has 1 aliphatic heterocycles. The number of nitriles is 1. The summed E-state index contributed by atoms with van der Waals surface area (Å²) < 4.78 is 14.8. The van der Waals surface area contributed by atoms with Gasteiger partial charge in [-0.05, 0) is 48.4 Å². The van der Waals surface area contributed by atoms with Crippen molar-refractivity contribution in [1.29, 1.82) is 5.26 Å². The Morgan fingerprint density at radius 1 is 1.27 bits per heavy atom. The summed E-state index contributed by atoms with van der Waals surface area (Å²) in [6, 6.07) is 17.1. The van der Waals surface area contributed by atoms with Gasteiger partial charge in [0.25, 0.3) is 0 Å². The second kappa shape index (κ2) is 9.51. The molecular formula is C24H17Br2N3O3S. The van der Waals surface area contributed by atoms with Gasteiger partial charge in [0, 0.05) is 8.95 Å². The first-order valence-electron chi connectivity index (χ1n) is 9.91. The van der Waals surface area contributed by atoms with Crippen molar-refractivity contribution < 1.29 is 13.9 Å². The van der Waals surface area contributed by atoms with Crippen LogP contribution >= 0.6 is 44.1 Å². The molecule has 2 aromatic carbocycles. The van der Waals surface area contributed by atoms with Gasteiger partial charge in [0.05, 0.1) is 18.2 Å². The van der Waals surface area contributed by atoms with Crippen molar-refractivity contribution in [2.24, 2.45) is 5.73 Å². The molecule has 0 saturated heterocycles. The molecule has 166 valence electrons. The van der Waals surface area contributed by atoms with E-state index in [0.717, 1.165) is 14.5 Å². The molecule has 0 bridgehead atoms. The maximum Gasteiger partial charge on any atom is 0.340 e. The fourth-order valence-corrected chi connectivity index (χ4v) is 4.83. The Kier molecular flexibility index (Phi) is 6.70. The van der Waals surface area contributed by atoms with Gasteiger partial charge in [-0.1, -0.05) is 68.3 Å². The van der Waals surface area contributed by atoms with E-state index in [1.807, 2.05) is 48.5 Å². The van der Waals surface area contributed by atoms with Crippen LogP contribution in [-0.2, 0) is 9.53 Å². The SMILES string of the molecule is CCOC(=O)C1=c2oc(=Cc3cccc(Br)c3)c(=S)n2C(C#N)=C(N)C1c1cccc(Br)c1. The number of carbonyl (C=O) groups excluding carboxylic acids is 1. The number of benzene rings is 2. The number of nitrogens with zero attached hydrogens (tertiary/aromatic N) is 2. The lowest BCUT2D eigenvalue weighted by molar-refractivity contribution is -0.136. The number of carbonyl (C=O) groups is 1. The number of ether oxygens (including phenoxy) is 1. The summed E-state index contributed by atoms with van der Waals surface area (Å²) in [6.07, 6.45) is 1.75. The molecule has 1 aromatic heterocycles. The molecule has 1 atom stereocenters. The lowest BCUT2D eigenvalue weighted by Gasteiger charge is -2.24. The van der Waals surface area contributed by atoms with Gasteiger partial charge < -0.3 is 14.9 Å². The van der Waals surface area contributed by atoms with Crippen molar-refractivity contribution in [3.8, 4) is 6.07 Å². The van der Waals surface area contributed by atoms with Crippen molar-refractivity contribution in [1.82, 2.24) is 4.57 Å². The van der Waals surface area contributed by atoms with Crippen molar-refractivity contribution in [2.45, 2.75) is 12.8 Å². The van der Waals surface area contributed by atoms with Gasteiger partial charge in [0.2, 0.25) is 5.55 Å². The Balaban J connectivity index is 2.11. The van der Waals surface area contributed by atoms with E-state index in [0.29, 0.717) is 11.0 Å². The van der Waals surface area contributed by atoms with Crippen LogP contribution in [0.2, 0.25) is 0 Å². The van der Waals surface area contributed by atoms with Crippen LogP contribution in [0.15, 0.2) is 67.6 Å². The number of oxazole rings is 1. The second-order valence-electron chi connectivity index (χ2n) is 7.15. The van der Waals surface area contributed by atoms with Crippen molar-refractivity contribution >= 4 is 67.4 Å². The lowest BCUT2D eigenvalue weighted by Crippen LogP contribution is -2.35. The van der Waals surface area contributed by atoms with Crippen molar-refractivity contribution in [3.05, 3.63) is 89.9 Å². The van der Waals surface area contributed by atoms with E-state index in [4.69, 9.17) is 27.1 Å². The average Bonchev–Trinajstić information content (AvgIpc) is 3.08. The van der Waals surface area contributed by atoms with Gasteiger partial charge in [-0.25, -0.2) is 4.79 Å². The number of esters is 1. The number of allylic oxidation sites excluding steroid dienone is 2. The van der Waals surface area contributed by atoms with Crippen LogP contribution in [-0.4, -0.2) is 17.1 Å². The Labute approximate surface area is 211 Å². The van der Waals surface area contributed by atoms with Gasteiger partial charge in [-0.3, -0.25) is 4.57 Å². The van der Waals surface area contributed by atoms with Gasteiger partial charge in [-0.15, -0.1) is 0 Å². The molecule has 9 heteroatoms. The number of hydrogen-bond acceptors (Lipinski definition) is 6. The van der Waals surface area contributed by atoms with Crippen molar-refractivity contribution in [3.63, 3.8) is 0 Å². The van der Waals surface area contributed by atoms with Crippen LogP contribution in [0.1, 0.15) is 24.0 Å². The van der Waals surface area contributed by atoms with Gasteiger partial charge in [0.15, 0.2) is 10.1 Å². The maximum absolute atomic E-state index is 13.1. The largest absolute Gasteiger partial charge is 0.462 e. The Morgan fingerprint density at radius 3 is 2.61 bits per heavy atom. The third kappa shape index (κ3) is 4.34. The third-order valence-electron chi connectivity index (χ3n) is 5.08. The fraction of sp³-hybridized carbons (Fsp3) is 0.125. The molecule has 1 unspecified atom stereocenters. The number of fused-ring (bicyclic) bond motifs is 1. The normalized spacial score (nSPS) is 15.9. The fourth-order valence-electron chi connectivity index (χ4n) is 3.72. The topological polar surface area (TPSA) is 94.2 Å². The summed E-state index contributed by atoms with van der Waals surface area (Å²) in [6.45, 7) is 1.89. The van der Waals surface area contributed by atoms with Crippen LogP contribution in [0.3, 0.4) is 0 Å². The Bertz CT molecular complexity index is 1530. The highest BCUT2D eigenvalue weighted by Crippen LogP contribution is 2.36. The van der Waals surface area contributed by atoms with Gasteiger partial charge in [-0.2, -0.15) is 5.26 Å². The van der Waals surface area contributed by atoms with Crippen LogP contribution in [0.25, 0.3) is 17.3 Å². The number of nitrogens with two attached hydrogens (primary N) is 1. The molecule has 2 N–H and O–H groups in total. The quantitative estimate of drug-likeness (QED) is 0.361. The predicted molar refractivity (Wildman–Crippen MR) is 134 cm³/mol. The van der Waals surface area contributed by atoms with E-state index < -0.39 is 11.9 Å². The van der Waals surface area contributed by atoms with E-state index in [9.17, 15) is 10.1 Å². The van der Waals surface area contributed by atoms with Crippen LogP contribution in [0, 0.1) is 16.0 Å². The zero-order valence-electron chi connectivity index (χ0n) is 17.3. The highest BCUT2D eigenvalue weighted by atomic mass is 79.9. The predicted octanol–water partition coefficient (Wildman–Crippen LogP) is 4.33. The van der Waals surface area contributed by atoms with E-state index in [-0.39, 0.29) is 33.8 Å². The molecular weight excluding hydrogens is 570 g/mol. The zero-order chi connectivity index (χ0) is 23.7. The number of hydrogen-bond donors (Lipinski definition) is 1. The van der Waals surface area contributed by atoms with Crippen LogP contribution in [0.5, 0.6) is 0 Å². The first kappa shape index (κ1) is 23.2. The summed E-state index contributed by atoms with van der Waals surface area (Å²) in [5.41, 5.74) is 9.00. The first-order chi connectivity index (χ1) is 15.8. The molecule has 0 radical (unpaired) electrons.